The van der Waals surface area contributed by atoms with Gasteiger partial charge in [-0.3, -0.25) is 0 Å². The standard InChI is InChI=1S/C10H24N2/c1-5-10(6-2)8-12(4)7-9(3)11/h9-10H,5-8,11H2,1-4H3. The summed E-state index contributed by atoms with van der Waals surface area (Å²) in [7, 11) is 2.15. The van der Waals surface area contributed by atoms with Gasteiger partial charge in [-0.25, -0.2) is 0 Å². The van der Waals surface area contributed by atoms with Crippen LogP contribution in [0.2, 0.25) is 0 Å². The van der Waals surface area contributed by atoms with Crippen molar-refractivity contribution in [1.82, 2.24) is 4.90 Å². The molecule has 0 radical (unpaired) electrons. The van der Waals surface area contributed by atoms with Gasteiger partial charge in [-0.05, 0) is 19.9 Å². The molecular weight excluding hydrogens is 148 g/mol. The maximum atomic E-state index is 5.71. The molecule has 2 heteroatoms. The predicted molar refractivity (Wildman–Crippen MR) is 55.2 cm³/mol. The largest absolute Gasteiger partial charge is 0.327 e. The van der Waals surface area contributed by atoms with E-state index in [-0.39, 0.29) is 0 Å². The zero-order valence-corrected chi connectivity index (χ0v) is 9.01. The maximum absolute atomic E-state index is 5.71. The molecule has 0 saturated carbocycles. The lowest BCUT2D eigenvalue weighted by atomic mass is 10.0. The van der Waals surface area contributed by atoms with Gasteiger partial charge < -0.3 is 10.6 Å². The van der Waals surface area contributed by atoms with E-state index in [0.717, 1.165) is 12.5 Å². The minimum absolute atomic E-state index is 0.296. The van der Waals surface area contributed by atoms with Gasteiger partial charge in [0.15, 0.2) is 0 Å². The SMILES string of the molecule is CCC(CC)CN(C)CC(C)N. The molecule has 12 heavy (non-hydrogen) atoms. The van der Waals surface area contributed by atoms with E-state index < -0.39 is 0 Å². The second-order valence-corrected chi connectivity index (χ2v) is 3.88. The van der Waals surface area contributed by atoms with Crippen LogP contribution in [0.25, 0.3) is 0 Å². The second kappa shape index (κ2) is 6.44. The zero-order chi connectivity index (χ0) is 9.56. The molecule has 0 aromatic heterocycles. The van der Waals surface area contributed by atoms with Crippen molar-refractivity contribution in [2.75, 3.05) is 20.1 Å². The monoisotopic (exact) mass is 172 g/mol. The summed E-state index contributed by atoms with van der Waals surface area (Å²) in [5.41, 5.74) is 5.71. The number of likely N-dealkylation sites (N-methyl/N-ethyl adjacent to an activating group) is 1. The number of nitrogens with two attached hydrogens (primary N) is 1. The Kier molecular flexibility index (Phi) is 6.39. The van der Waals surface area contributed by atoms with Crippen LogP contribution < -0.4 is 5.73 Å². The molecule has 0 spiro atoms. The van der Waals surface area contributed by atoms with Crippen LogP contribution in [0.3, 0.4) is 0 Å². The Labute approximate surface area is 77.1 Å². The highest BCUT2D eigenvalue weighted by molar-refractivity contribution is 4.64. The lowest BCUT2D eigenvalue weighted by Gasteiger charge is -2.23. The smallest absolute Gasteiger partial charge is 0.0139 e. The summed E-state index contributed by atoms with van der Waals surface area (Å²) in [6.45, 7) is 8.77. The first kappa shape index (κ1) is 11.9. The van der Waals surface area contributed by atoms with Crippen molar-refractivity contribution in [3.8, 4) is 0 Å². The van der Waals surface area contributed by atoms with E-state index in [9.17, 15) is 0 Å². The van der Waals surface area contributed by atoms with Crippen LogP contribution >= 0.6 is 0 Å². The summed E-state index contributed by atoms with van der Waals surface area (Å²) in [5.74, 6) is 0.841. The van der Waals surface area contributed by atoms with Crippen molar-refractivity contribution in [3.05, 3.63) is 0 Å². The molecule has 2 N–H and O–H groups in total. The van der Waals surface area contributed by atoms with Crippen molar-refractivity contribution in [1.29, 1.82) is 0 Å². The van der Waals surface area contributed by atoms with E-state index in [1.807, 2.05) is 0 Å². The molecule has 1 atom stereocenters. The first-order valence-corrected chi connectivity index (χ1v) is 5.04. The van der Waals surface area contributed by atoms with Crippen LogP contribution in [0.5, 0.6) is 0 Å². The highest BCUT2D eigenvalue weighted by atomic mass is 15.1. The molecule has 0 aromatic rings. The van der Waals surface area contributed by atoms with E-state index in [1.54, 1.807) is 0 Å². The van der Waals surface area contributed by atoms with Crippen LogP contribution in [-0.4, -0.2) is 31.1 Å². The third-order valence-corrected chi connectivity index (χ3v) is 2.32. The van der Waals surface area contributed by atoms with Crippen LogP contribution in [0.4, 0.5) is 0 Å². The molecule has 1 unspecified atom stereocenters. The lowest BCUT2D eigenvalue weighted by molar-refractivity contribution is 0.257. The summed E-state index contributed by atoms with van der Waals surface area (Å²) < 4.78 is 0. The first-order chi connectivity index (χ1) is 5.60. The van der Waals surface area contributed by atoms with Gasteiger partial charge in [0.2, 0.25) is 0 Å². The fourth-order valence-corrected chi connectivity index (χ4v) is 1.55. The number of nitrogens with zero attached hydrogens (tertiary/aromatic N) is 1. The van der Waals surface area contributed by atoms with Gasteiger partial charge in [0.25, 0.3) is 0 Å². The van der Waals surface area contributed by atoms with Crippen LogP contribution in [0, 0.1) is 5.92 Å². The van der Waals surface area contributed by atoms with Gasteiger partial charge in [0.1, 0.15) is 0 Å². The Hall–Kier alpha value is -0.0800. The van der Waals surface area contributed by atoms with Crippen LogP contribution in [0.1, 0.15) is 33.6 Å². The van der Waals surface area contributed by atoms with E-state index in [2.05, 4.69) is 32.7 Å². The molecule has 0 saturated heterocycles. The molecule has 0 fully saturated rings. The Balaban J connectivity index is 3.58. The molecule has 0 heterocycles. The minimum atomic E-state index is 0.296. The normalized spacial score (nSPS) is 14.2. The van der Waals surface area contributed by atoms with Crippen LogP contribution in [0.15, 0.2) is 0 Å². The van der Waals surface area contributed by atoms with E-state index in [4.69, 9.17) is 5.73 Å². The Bertz CT molecular complexity index is 98.0. The first-order valence-electron chi connectivity index (χ1n) is 5.04. The number of hydrogen-bond acceptors (Lipinski definition) is 2. The van der Waals surface area contributed by atoms with Crippen LogP contribution in [-0.2, 0) is 0 Å². The molecule has 0 aromatic carbocycles. The van der Waals surface area contributed by atoms with Gasteiger partial charge >= 0.3 is 0 Å². The van der Waals surface area contributed by atoms with Gasteiger partial charge in [0.05, 0.1) is 0 Å². The van der Waals surface area contributed by atoms with Gasteiger partial charge in [-0.15, -0.1) is 0 Å². The summed E-state index contributed by atoms with van der Waals surface area (Å²) in [5, 5.41) is 0. The topological polar surface area (TPSA) is 29.3 Å². The minimum Gasteiger partial charge on any atom is -0.327 e. The Morgan fingerprint density at radius 2 is 1.67 bits per heavy atom. The molecule has 0 bridgehead atoms. The van der Waals surface area contributed by atoms with Gasteiger partial charge in [-0.2, -0.15) is 0 Å². The summed E-state index contributed by atoms with van der Waals surface area (Å²) in [6.07, 6.45) is 2.56. The maximum Gasteiger partial charge on any atom is 0.0139 e. The van der Waals surface area contributed by atoms with E-state index in [0.29, 0.717) is 6.04 Å². The third-order valence-electron chi connectivity index (χ3n) is 2.32. The average Bonchev–Trinajstić information content (AvgIpc) is 1.98. The van der Waals surface area contributed by atoms with Crippen molar-refractivity contribution < 1.29 is 0 Å². The molecule has 0 amide bonds. The Morgan fingerprint density at radius 3 is 2.00 bits per heavy atom. The Morgan fingerprint density at radius 1 is 1.17 bits per heavy atom. The average molecular weight is 172 g/mol. The zero-order valence-electron chi connectivity index (χ0n) is 9.01. The van der Waals surface area contributed by atoms with E-state index >= 15 is 0 Å². The third kappa shape index (κ3) is 5.56. The summed E-state index contributed by atoms with van der Waals surface area (Å²) in [6, 6.07) is 0.296. The number of rotatable bonds is 6. The molecule has 0 rings (SSSR count). The van der Waals surface area contributed by atoms with Gasteiger partial charge in [-0.1, -0.05) is 26.7 Å². The molecule has 0 aliphatic carbocycles. The highest BCUT2D eigenvalue weighted by Gasteiger charge is 2.08. The second-order valence-electron chi connectivity index (χ2n) is 3.88. The number of hydrogen-bond donors (Lipinski definition) is 1. The predicted octanol–water partition coefficient (Wildman–Crippen LogP) is 1.70. The molecular formula is C10H24N2. The fraction of sp³-hybridized carbons (Fsp3) is 1.00. The van der Waals surface area contributed by atoms with Crippen molar-refractivity contribution in [2.45, 2.75) is 39.7 Å². The molecule has 0 aliphatic heterocycles. The fourth-order valence-electron chi connectivity index (χ4n) is 1.55. The quantitative estimate of drug-likeness (QED) is 0.661. The molecule has 2 nitrogen and oxygen atoms in total. The van der Waals surface area contributed by atoms with Crippen molar-refractivity contribution >= 4 is 0 Å². The van der Waals surface area contributed by atoms with Crippen molar-refractivity contribution in [2.24, 2.45) is 11.7 Å². The highest BCUT2D eigenvalue weighted by Crippen LogP contribution is 2.08. The lowest BCUT2D eigenvalue weighted by Crippen LogP contribution is -2.35. The molecule has 74 valence electrons. The van der Waals surface area contributed by atoms with E-state index in [1.165, 1.54) is 19.4 Å². The van der Waals surface area contributed by atoms with Gasteiger partial charge in [0, 0.05) is 19.1 Å². The summed E-state index contributed by atoms with van der Waals surface area (Å²) >= 11 is 0. The van der Waals surface area contributed by atoms with Crippen molar-refractivity contribution in [3.63, 3.8) is 0 Å². The summed E-state index contributed by atoms with van der Waals surface area (Å²) in [4.78, 5) is 2.34. The molecule has 0 aliphatic rings.